The number of hydrogen-bond donors (Lipinski definition) is 2. The minimum Gasteiger partial charge on any atom is -0.462 e. The summed E-state index contributed by atoms with van der Waals surface area (Å²) in [6.45, 7) is 2.14. The molecule has 0 spiro atoms. The van der Waals surface area contributed by atoms with E-state index < -0.39 is 26.8 Å². The van der Waals surface area contributed by atoms with Crippen molar-refractivity contribution in [2.75, 3.05) is 38.2 Å². The number of likely N-dealkylation sites (tertiary alicyclic amines) is 1. The highest BCUT2D eigenvalue weighted by atomic mass is 35.5. The van der Waals surface area contributed by atoms with E-state index in [-0.39, 0.29) is 41.5 Å². The van der Waals surface area contributed by atoms with Crippen LogP contribution < -0.4 is 20.3 Å². The van der Waals surface area contributed by atoms with Gasteiger partial charge in [-0.05, 0) is 62.0 Å². The van der Waals surface area contributed by atoms with Gasteiger partial charge in [0.05, 0.1) is 10.3 Å². The van der Waals surface area contributed by atoms with Gasteiger partial charge in [-0.15, -0.1) is 3.89 Å². The number of piperazine rings is 1. The van der Waals surface area contributed by atoms with E-state index in [0.29, 0.717) is 65.3 Å². The minimum atomic E-state index is -4.86. The number of anilines is 1. The van der Waals surface area contributed by atoms with E-state index in [1.165, 1.54) is 12.1 Å². The van der Waals surface area contributed by atoms with E-state index in [2.05, 4.69) is 25.5 Å². The number of fused-ring (bicyclic) bond motifs is 4. The molecule has 5 heterocycles. The number of amides is 1. The van der Waals surface area contributed by atoms with Crippen LogP contribution in [0.25, 0.3) is 32.9 Å². The Morgan fingerprint density at radius 1 is 1.04 bits per heavy atom. The van der Waals surface area contributed by atoms with Gasteiger partial charge < -0.3 is 20.3 Å². The zero-order valence-corrected chi connectivity index (χ0v) is 29.1. The van der Waals surface area contributed by atoms with Crippen LogP contribution in [0.15, 0.2) is 71.8 Å². The highest BCUT2D eigenvalue weighted by molar-refractivity contribution is 7.86. The van der Waals surface area contributed by atoms with E-state index >= 15 is 4.39 Å². The second kappa shape index (κ2) is 13.2. The van der Waals surface area contributed by atoms with Crippen LogP contribution in [0.3, 0.4) is 0 Å². The number of carbonyl (C=O) groups excluding carboxylic acids is 1. The maximum atomic E-state index is 16.7. The van der Waals surface area contributed by atoms with Gasteiger partial charge in [0.1, 0.15) is 23.6 Å². The molecule has 4 atom stereocenters. The number of benzene rings is 3. The molecule has 1 amide bonds. The SMILES string of the molecule is CN1C[C@H](NC(=O)c2ccc(S(=O)(=O)F)cc2)C[C@H]1COc1nc(N2C[C@H]3CC[C@@H](C2)N3)c2cnc(-c3cccc4cccc(Cl)c34)c(F)c2n1. The number of rotatable bonds is 8. The molecule has 11 nitrogen and oxygen atoms in total. The van der Waals surface area contributed by atoms with Crippen LogP contribution in [0, 0.1) is 5.82 Å². The number of aromatic nitrogens is 3. The van der Waals surface area contributed by atoms with E-state index in [9.17, 15) is 17.1 Å². The van der Waals surface area contributed by atoms with Gasteiger partial charge in [-0.25, -0.2) is 4.39 Å². The lowest BCUT2D eigenvalue weighted by Gasteiger charge is -2.34. The molecule has 3 aliphatic rings. The van der Waals surface area contributed by atoms with Gasteiger partial charge in [-0.2, -0.15) is 18.4 Å². The molecule has 3 saturated heterocycles. The molecule has 3 aliphatic heterocycles. The van der Waals surface area contributed by atoms with Gasteiger partial charge >= 0.3 is 16.2 Å². The molecule has 0 radical (unpaired) electrons. The highest BCUT2D eigenvalue weighted by Crippen LogP contribution is 2.38. The molecular weight excluding hydrogens is 700 g/mol. The first-order chi connectivity index (χ1) is 24.5. The third kappa shape index (κ3) is 6.57. The lowest BCUT2D eigenvalue weighted by molar-refractivity contribution is 0.0938. The van der Waals surface area contributed by atoms with E-state index in [4.69, 9.17) is 21.3 Å². The largest absolute Gasteiger partial charge is 0.462 e. The topological polar surface area (TPSA) is 130 Å². The monoisotopic (exact) mass is 733 g/mol. The van der Waals surface area contributed by atoms with Crippen molar-refractivity contribution in [3.05, 3.63) is 83.3 Å². The Hall–Kier alpha value is -4.50. The van der Waals surface area contributed by atoms with Crippen molar-refractivity contribution in [1.29, 1.82) is 0 Å². The summed E-state index contributed by atoms with van der Waals surface area (Å²) in [6, 6.07) is 16.1. The summed E-state index contributed by atoms with van der Waals surface area (Å²) in [6.07, 6.45) is 4.30. The van der Waals surface area contributed by atoms with Crippen molar-refractivity contribution in [2.45, 2.75) is 48.3 Å². The molecule has 2 bridgehead atoms. The number of likely N-dealkylation sites (N-methyl/N-ethyl adjacent to an activating group) is 1. The maximum absolute atomic E-state index is 16.7. The number of hydrogen-bond acceptors (Lipinski definition) is 10. The molecular formula is C36H34ClF2N7O4S. The van der Waals surface area contributed by atoms with Crippen molar-refractivity contribution in [3.8, 4) is 17.3 Å². The molecule has 51 heavy (non-hydrogen) atoms. The number of halogens is 3. The van der Waals surface area contributed by atoms with Gasteiger partial charge in [0.15, 0.2) is 5.82 Å². The van der Waals surface area contributed by atoms with Crippen LogP contribution in [0.2, 0.25) is 5.02 Å². The first-order valence-electron chi connectivity index (χ1n) is 16.8. The van der Waals surface area contributed by atoms with Crippen molar-refractivity contribution in [2.24, 2.45) is 0 Å². The van der Waals surface area contributed by atoms with Gasteiger partial charge in [-0.1, -0.05) is 41.9 Å². The summed E-state index contributed by atoms with van der Waals surface area (Å²) in [7, 11) is -2.95. The Labute approximate surface area is 298 Å². The Balaban J connectivity index is 1.06. The quantitative estimate of drug-likeness (QED) is 0.208. The number of nitrogens with zero attached hydrogens (tertiary/aromatic N) is 5. The Morgan fingerprint density at radius 2 is 1.76 bits per heavy atom. The predicted octanol–water partition coefficient (Wildman–Crippen LogP) is 5.12. The van der Waals surface area contributed by atoms with Crippen LogP contribution in [-0.4, -0.2) is 91.6 Å². The van der Waals surface area contributed by atoms with Crippen molar-refractivity contribution >= 4 is 55.2 Å². The van der Waals surface area contributed by atoms with E-state index in [1.54, 1.807) is 18.3 Å². The smallest absolute Gasteiger partial charge is 0.332 e. The third-order valence-corrected chi connectivity index (χ3v) is 11.2. The molecule has 3 fully saturated rings. The highest BCUT2D eigenvalue weighted by Gasteiger charge is 2.35. The normalized spacial score (nSPS) is 22.2. The molecule has 2 aromatic heterocycles. The summed E-state index contributed by atoms with van der Waals surface area (Å²) in [4.78, 5) is 30.6. The van der Waals surface area contributed by atoms with Crippen molar-refractivity contribution < 1.29 is 26.2 Å². The lowest BCUT2D eigenvalue weighted by Crippen LogP contribution is -2.51. The zero-order chi connectivity index (χ0) is 35.4. The maximum Gasteiger partial charge on any atom is 0.332 e. The molecule has 0 unspecified atom stereocenters. The van der Waals surface area contributed by atoms with Crippen molar-refractivity contribution in [1.82, 2.24) is 30.5 Å². The number of pyridine rings is 1. The fourth-order valence-corrected chi connectivity index (χ4v) is 8.31. The first-order valence-corrected chi connectivity index (χ1v) is 18.5. The summed E-state index contributed by atoms with van der Waals surface area (Å²) in [5, 5.41) is 9.14. The molecule has 0 saturated carbocycles. The predicted molar refractivity (Wildman–Crippen MR) is 190 cm³/mol. The molecule has 5 aromatic rings. The average molecular weight is 734 g/mol. The van der Waals surface area contributed by atoms with Crippen LogP contribution >= 0.6 is 11.6 Å². The number of nitrogens with one attached hydrogen (secondary N) is 2. The van der Waals surface area contributed by atoms with Gasteiger partial charge in [0.2, 0.25) is 0 Å². The third-order valence-electron chi connectivity index (χ3n) is 10.1. The number of ether oxygens (including phenoxy) is 1. The van der Waals surface area contributed by atoms with E-state index in [1.807, 2.05) is 36.2 Å². The molecule has 3 aromatic carbocycles. The van der Waals surface area contributed by atoms with Crippen LogP contribution in [-0.2, 0) is 10.2 Å². The summed E-state index contributed by atoms with van der Waals surface area (Å²) < 4.78 is 58.5. The molecule has 8 rings (SSSR count). The Kier molecular flexibility index (Phi) is 8.73. The number of carbonyl (C=O) groups is 1. The van der Waals surface area contributed by atoms with E-state index in [0.717, 1.165) is 30.4 Å². The standard InChI is InChI=1S/C36H34ClF2N7O4S/c1-45-16-24(42-35(47)21-8-12-26(13-9-21)51(39,48)49)14-25(45)19-50-36-43-33-28(34(44-36)46-17-22-10-11-23(18-46)41-22)15-40-32(31(33)38)27-6-2-4-20-5-3-7-29(37)30(20)27/h2-9,12-13,15,22-25,41H,10-11,14,16-19H2,1H3,(H,42,47)/t22-,23+,24-,25+/m1/s1. The second-order valence-electron chi connectivity index (χ2n) is 13.5. The molecule has 2 N–H and O–H groups in total. The Bertz CT molecular complexity index is 2260. The van der Waals surface area contributed by atoms with Crippen LogP contribution in [0.4, 0.5) is 14.1 Å². The Morgan fingerprint density at radius 3 is 2.49 bits per heavy atom. The van der Waals surface area contributed by atoms with Gasteiger partial charge in [0, 0.05) is 71.5 Å². The fourth-order valence-electron chi connectivity index (χ4n) is 7.57. The van der Waals surface area contributed by atoms with Gasteiger partial charge in [0.25, 0.3) is 5.91 Å². The summed E-state index contributed by atoms with van der Waals surface area (Å²) in [5.74, 6) is -0.430. The van der Waals surface area contributed by atoms with Crippen molar-refractivity contribution in [3.63, 3.8) is 0 Å². The molecule has 0 aliphatic carbocycles. The average Bonchev–Trinajstić information content (AvgIpc) is 3.65. The first kappa shape index (κ1) is 33.6. The summed E-state index contributed by atoms with van der Waals surface area (Å²) in [5.41, 5.74) is 1.01. The summed E-state index contributed by atoms with van der Waals surface area (Å²) >= 11 is 6.60. The van der Waals surface area contributed by atoms with Crippen LogP contribution in [0.5, 0.6) is 6.01 Å². The lowest BCUT2D eigenvalue weighted by atomic mass is 10.0. The molecule has 264 valence electrons. The van der Waals surface area contributed by atoms with Crippen LogP contribution in [0.1, 0.15) is 29.6 Å². The van der Waals surface area contributed by atoms with Gasteiger partial charge in [-0.3, -0.25) is 14.7 Å². The fraction of sp³-hybridized carbons (Fsp3) is 0.333. The second-order valence-corrected chi connectivity index (χ2v) is 15.2. The minimum absolute atomic E-state index is 0.0409. The zero-order valence-electron chi connectivity index (χ0n) is 27.5. The molecule has 15 heteroatoms.